The van der Waals surface area contributed by atoms with E-state index in [1.807, 2.05) is 52.8 Å². The molecule has 0 saturated heterocycles. The molecule has 0 fully saturated rings. The van der Waals surface area contributed by atoms with E-state index >= 15 is 0 Å². The lowest BCUT2D eigenvalue weighted by atomic mass is 10.1. The number of carbonyl (C=O) groups excluding carboxylic acids is 1. The Balaban J connectivity index is 2.87. The first-order valence-electron chi connectivity index (χ1n) is 9.02. The van der Waals surface area contributed by atoms with E-state index in [1.54, 1.807) is 0 Å². The predicted octanol–water partition coefficient (Wildman–Crippen LogP) is 3.84. The molecule has 142 valence electrons. The van der Waals surface area contributed by atoms with E-state index < -0.39 is 11.9 Å². The minimum atomic E-state index is -0.514. The number of esters is 1. The normalized spacial score (nSPS) is 14.4. The fraction of sp³-hybridized carbons (Fsp3) is 0.650. The van der Waals surface area contributed by atoms with E-state index in [0.717, 1.165) is 5.56 Å². The maximum atomic E-state index is 12.3. The Labute approximate surface area is 152 Å². The van der Waals surface area contributed by atoms with Crippen LogP contribution in [0.2, 0.25) is 0 Å². The van der Waals surface area contributed by atoms with Gasteiger partial charge in [0.15, 0.2) is 6.29 Å². The fourth-order valence-corrected chi connectivity index (χ4v) is 2.56. The van der Waals surface area contributed by atoms with Gasteiger partial charge in [0.1, 0.15) is 5.60 Å². The highest BCUT2D eigenvalue weighted by Gasteiger charge is 2.29. The summed E-state index contributed by atoms with van der Waals surface area (Å²) in [4.78, 5) is 12.3. The van der Waals surface area contributed by atoms with E-state index in [-0.39, 0.29) is 24.5 Å². The summed E-state index contributed by atoms with van der Waals surface area (Å²) in [6.45, 7) is 12.5. The van der Waals surface area contributed by atoms with Crippen LogP contribution in [0.25, 0.3) is 0 Å². The number of benzene rings is 1. The molecule has 0 aromatic heterocycles. The van der Waals surface area contributed by atoms with Crippen molar-refractivity contribution >= 4 is 5.97 Å². The zero-order valence-electron chi connectivity index (χ0n) is 16.4. The molecule has 0 aliphatic heterocycles. The molecule has 0 saturated carbocycles. The third-order valence-electron chi connectivity index (χ3n) is 3.56. The number of ether oxygens (including phenoxy) is 3. The molecule has 1 aromatic carbocycles. The van der Waals surface area contributed by atoms with Gasteiger partial charge in [0, 0.05) is 19.3 Å². The molecule has 5 nitrogen and oxygen atoms in total. The molecule has 25 heavy (non-hydrogen) atoms. The van der Waals surface area contributed by atoms with Crippen molar-refractivity contribution in [1.82, 2.24) is 5.32 Å². The van der Waals surface area contributed by atoms with Crippen molar-refractivity contribution in [2.24, 2.45) is 0 Å². The Morgan fingerprint density at radius 3 is 2.12 bits per heavy atom. The lowest BCUT2D eigenvalue weighted by Crippen LogP contribution is -2.46. The molecule has 0 heterocycles. The van der Waals surface area contributed by atoms with Gasteiger partial charge < -0.3 is 19.5 Å². The van der Waals surface area contributed by atoms with Crippen molar-refractivity contribution in [2.75, 3.05) is 13.2 Å². The largest absolute Gasteiger partial charge is 0.460 e. The minimum Gasteiger partial charge on any atom is -0.460 e. The third kappa shape index (κ3) is 8.47. The van der Waals surface area contributed by atoms with Crippen LogP contribution in [0.5, 0.6) is 0 Å². The lowest BCUT2D eigenvalue weighted by Gasteiger charge is -2.31. The smallest absolute Gasteiger partial charge is 0.308 e. The topological polar surface area (TPSA) is 56.8 Å². The number of nitrogens with one attached hydrogen (secondary N) is 1. The average molecular weight is 351 g/mol. The highest BCUT2D eigenvalue weighted by atomic mass is 16.7. The molecule has 0 aliphatic rings. The van der Waals surface area contributed by atoms with Gasteiger partial charge in [-0.2, -0.15) is 0 Å². The summed E-state index contributed by atoms with van der Waals surface area (Å²) < 4.78 is 16.9. The first-order chi connectivity index (χ1) is 11.8. The molecular formula is C20H33NO4. The zero-order chi connectivity index (χ0) is 18.9. The molecule has 1 rings (SSSR count). The molecule has 0 amide bonds. The van der Waals surface area contributed by atoms with Gasteiger partial charge in [-0.15, -0.1) is 0 Å². The Morgan fingerprint density at radius 1 is 1.08 bits per heavy atom. The number of rotatable bonds is 10. The van der Waals surface area contributed by atoms with Gasteiger partial charge in [-0.05, 0) is 47.1 Å². The van der Waals surface area contributed by atoms with Gasteiger partial charge >= 0.3 is 5.97 Å². The van der Waals surface area contributed by atoms with Crippen LogP contribution >= 0.6 is 0 Å². The van der Waals surface area contributed by atoms with E-state index in [4.69, 9.17) is 14.2 Å². The van der Waals surface area contributed by atoms with E-state index in [2.05, 4.69) is 24.4 Å². The highest BCUT2D eigenvalue weighted by Crippen LogP contribution is 2.18. The molecule has 0 spiro atoms. The van der Waals surface area contributed by atoms with Gasteiger partial charge in [-0.3, -0.25) is 4.79 Å². The van der Waals surface area contributed by atoms with Crippen LogP contribution in [0.4, 0.5) is 0 Å². The van der Waals surface area contributed by atoms with E-state index in [1.165, 1.54) is 0 Å². The Kier molecular flexibility index (Phi) is 9.11. The summed E-state index contributed by atoms with van der Waals surface area (Å²) in [6.07, 6.45) is -0.326. The van der Waals surface area contributed by atoms with Crippen LogP contribution in [0.1, 0.15) is 59.6 Å². The summed E-state index contributed by atoms with van der Waals surface area (Å²) in [5, 5.41) is 3.47. The number of carbonyl (C=O) groups is 1. The third-order valence-corrected chi connectivity index (χ3v) is 3.56. The Bertz CT molecular complexity index is 492. The van der Waals surface area contributed by atoms with Crippen LogP contribution < -0.4 is 5.32 Å². The standard InChI is InChI=1S/C20H33NO4/c1-7-23-19(24-8-2)17(14-18(22)25-20(4,5)6)21-15(3)16-12-10-9-11-13-16/h9-13,15,17,19,21H,7-8,14H2,1-6H3/t15-,17-/m1/s1. The van der Waals surface area contributed by atoms with Crippen LogP contribution in [-0.4, -0.2) is 37.1 Å². The van der Waals surface area contributed by atoms with Crippen LogP contribution in [0.3, 0.4) is 0 Å². The molecule has 5 heteroatoms. The summed E-state index contributed by atoms with van der Waals surface area (Å²) in [6, 6.07) is 9.84. The van der Waals surface area contributed by atoms with Gasteiger partial charge in [-0.1, -0.05) is 30.3 Å². The SMILES string of the molecule is CCOC(OCC)[C@@H](CC(=O)OC(C)(C)C)N[C@H](C)c1ccccc1. The van der Waals surface area contributed by atoms with Crippen molar-refractivity contribution < 1.29 is 19.0 Å². The Morgan fingerprint density at radius 2 is 1.64 bits per heavy atom. The van der Waals surface area contributed by atoms with E-state index in [0.29, 0.717) is 13.2 Å². The minimum absolute atomic E-state index is 0.0528. The second-order valence-corrected chi connectivity index (χ2v) is 6.98. The van der Waals surface area contributed by atoms with Gasteiger partial charge in [0.05, 0.1) is 12.5 Å². The van der Waals surface area contributed by atoms with Crippen molar-refractivity contribution in [2.45, 2.75) is 71.9 Å². The molecular weight excluding hydrogens is 318 g/mol. The first-order valence-corrected chi connectivity index (χ1v) is 9.02. The van der Waals surface area contributed by atoms with Crippen molar-refractivity contribution in [3.63, 3.8) is 0 Å². The number of hydrogen-bond acceptors (Lipinski definition) is 5. The maximum absolute atomic E-state index is 12.3. The van der Waals surface area contributed by atoms with Gasteiger partial charge in [0.25, 0.3) is 0 Å². The van der Waals surface area contributed by atoms with Crippen molar-refractivity contribution in [3.05, 3.63) is 35.9 Å². The molecule has 2 atom stereocenters. The summed E-state index contributed by atoms with van der Waals surface area (Å²) >= 11 is 0. The van der Waals surface area contributed by atoms with Crippen LogP contribution in [0.15, 0.2) is 30.3 Å². The van der Waals surface area contributed by atoms with Crippen LogP contribution in [-0.2, 0) is 19.0 Å². The second-order valence-electron chi connectivity index (χ2n) is 6.98. The summed E-state index contributed by atoms with van der Waals surface area (Å²) in [7, 11) is 0. The van der Waals surface area contributed by atoms with Crippen molar-refractivity contribution in [1.29, 1.82) is 0 Å². The van der Waals surface area contributed by atoms with Crippen molar-refractivity contribution in [3.8, 4) is 0 Å². The van der Waals surface area contributed by atoms with E-state index in [9.17, 15) is 4.79 Å². The summed E-state index contributed by atoms with van der Waals surface area (Å²) in [5.41, 5.74) is 0.628. The zero-order valence-corrected chi connectivity index (χ0v) is 16.4. The van der Waals surface area contributed by atoms with Gasteiger partial charge in [0.2, 0.25) is 0 Å². The van der Waals surface area contributed by atoms with Gasteiger partial charge in [-0.25, -0.2) is 0 Å². The number of hydrogen-bond donors (Lipinski definition) is 1. The molecule has 1 aromatic rings. The average Bonchev–Trinajstić information content (AvgIpc) is 2.53. The predicted molar refractivity (Wildman–Crippen MR) is 99.3 cm³/mol. The molecule has 0 bridgehead atoms. The molecule has 1 N–H and O–H groups in total. The monoisotopic (exact) mass is 351 g/mol. The van der Waals surface area contributed by atoms with Crippen LogP contribution in [0, 0.1) is 0 Å². The summed E-state index contributed by atoms with van der Waals surface area (Å²) in [5.74, 6) is -0.269. The quantitative estimate of drug-likeness (QED) is 0.513. The first kappa shape index (κ1) is 21.6. The molecule has 0 radical (unpaired) electrons. The maximum Gasteiger partial charge on any atom is 0.308 e. The molecule has 0 aliphatic carbocycles. The lowest BCUT2D eigenvalue weighted by molar-refractivity contribution is -0.172. The fourth-order valence-electron chi connectivity index (χ4n) is 2.56. The second kappa shape index (κ2) is 10.5. The highest BCUT2D eigenvalue weighted by molar-refractivity contribution is 5.70. The molecule has 0 unspecified atom stereocenters. The Hall–Kier alpha value is -1.43.